The predicted molar refractivity (Wildman–Crippen MR) is 139 cm³/mol. The molecule has 0 radical (unpaired) electrons. The van der Waals surface area contributed by atoms with Gasteiger partial charge >= 0.3 is 5.97 Å². The molecule has 0 aliphatic carbocycles. The molecule has 0 saturated carbocycles. The van der Waals surface area contributed by atoms with Crippen LogP contribution in [0.25, 0.3) is 16.8 Å². The lowest BCUT2D eigenvalue weighted by atomic mass is 9.81. The predicted octanol–water partition coefficient (Wildman–Crippen LogP) is 7.07. The molecule has 0 amide bonds. The van der Waals surface area contributed by atoms with Gasteiger partial charge in [-0.25, -0.2) is 0 Å². The molecule has 4 nitrogen and oxygen atoms in total. The summed E-state index contributed by atoms with van der Waals surface area (Å²) in [6.45, 7) is 5.75. The zero-order chi connectivity index (χ0) is 24.6. The second kappa shape index (κ2) is 8.95. The Morgan fingerprint density at radius 3 is 2.34 bits per heavy atom. The minimum Gasteiger partial charge on any atom is -0.497 e. The van der Waals surface area contributed by atoms with Crippen LogP contribution in [0.4, 0.5) is 0 Å². The van der Waals surface area contributed by atoms with E-state index in [-0.39, 0.29) is 11.9 Å². The summed E-state index contributed by atoms with van der Waals surface area (Å²) in [6.07, 6.45) is 4.23. The Labute approximate surface area is 205 Å². The van der Waals surface area contributed by atoms with Crippen LogP contribution in [0.3, 0.4) is 0 Å². The largest absolute Gasteiger partial charge is 0.497 e. The second-order valence-electron chi connectivity index (χ2n) is 9.15. The quantitative estimate of drug-likeness (QED) is 0.234. The highest BCUT2D eigenvalue weighted by Crippen LogP contribution is 2.45. The molecular formula is C31H28O4. The van der Waals surface area contributed by atoms with E-state index in [0.29, 0.717) is 5.75 Å². The molecule has 176 valence electrons. The van der Waals surface area contributed by atoms with Gasteiger partial charge in [0.15, 0.2) is 5.60 Å². The first kappa shape index (κ1) is 22.7. The molecule has 4 aromatic rings. The standard InChI is InChI=1S/C31H28O4/c1-20(2)30(32)34-25-13-9-22-10-16-29-26(27(22)19-25)17-18-31(35-29,28-8-6-5-7-21(28)3)23-11-14-24(33-4)15-12-23/h5-20H,1-4H3. The van der Waals surface area contributed by atoms with Crippen molar-refractivity contribution in [1.82, 2.24) is 0 Å². The number of hydrogen-bond acceptors (Lipinski definition) is 4. The summed E-state index contributed by atoms with van der Waals surface area (Å²) in [5.41, 5.74) is 3.39. The third-order valence-electron chi connectivity index (χ3n) is 6.50. The number of carbonyl (C=O) groups excluding carboxylic acids is 1. The third kappa shape index (κ3) is 4.06. The van der Waals surface area contributed by atoms with Crippen LogP contribution in [0.5, 0.6) is 17.2 Å². The van der Waals surface area contributed by atoms with Crippen LogP contribution in [-0.2, 0) is 10.4 Å². The van der Waals surface area contributed by atoms with Crippen LogP contribution in [0.15, 0.2) is 84.9 Å². The van der Waals surface area contributed by atoms with Gasteiger partial charge < -0.3 is 14.2 Å². The molecule has 0 fully saturated rings. The molecule has 0 bridgehead atoms. The fraction of sp³-hybridized carbons (Fsp3) is 0.194. The van der Waals surface area contributed by atoms with E-state index in [1.54, 1.807) is 7.11 Å². The average Bonchev–Trinajstić information content (AvgIpc) is 2.88. The third-order valence-corrected chi connectivity index (χ3v) is 6.50. The smallest absolute Gasteiger partial charge is 0.313 e. The number of carbonyl (C=O) groups is 1. The monoisotopic (exact) mass is 464 g/mol. The Balaban J connectivity index is 1.65. The van der Waals surface area contributed by atoms with Gasteiger partial charge in [-0.2, -0.15) is 0 Å². The van der Waals surface area contributed by atoms with Crippen LogP contribution in [0, 0.1) is 12.8 Å². The van der Waals surface area contributed by atoms with E-state index in [2.05, 4.69) is 31.2 Å². The molecule has 1 atom stereocenters. The summed E-state index contributed by atoms with van der Waals surface area (Å²) in [5.74, 6) is 1.65. The Morgan fingerprint density at radius 1 is 0.914 bits per heavy atom. The Kier molecular flexibility index (Phi) is 5.81. The van der Waals surface area contributed by atoms with Gasteiger partial charge in [0.1, 0.15) is 17.2 Å². The number of rotatable bonds is 5. The topological polar surface area (TPSA) is 44.8 Å². The lowest BCUT2D eigenvalue weighted by molar-refractivity contribution is -0.137. The average molecular weight is 465 g/mol. The van der Waals surface area contributed by atoms with Crippen molar-refractivity contribution in [3.05, 3.63) is 107 Å². The molecule has 0 spiro atoms. The van der Waals surface area contributed by atoms with Crippen molar-refractivity contribution in [2.75, 3.05) is 7.11 Å². The summed E-state index contributed by atoms with van der Waals surface area (Å²) in [6, 6.07) is 26.1. The van der Waals surface area contributed by atoms with Crippen molar-refractivity contribution in [1.29, 1.82) is 0 Å². The maximum absolute atomic E-state index is 12.1. The molecule has 35 heavy (non-hydrogen) atoms. The molecule has 4 heteroatoms. The van der Waals surface area contributed by atoms with Crippen molar-refractivity contribution in [3.63, 3.8) is 0 Å². The van der Waals surface area contributed by atoms with E-state index < -0.39 is 5.60 Å². The first-order chi connectivity index (χ1) is 16.9. The van der Waals surface area contributed by atoms with Crippen molar-refractivity contribution < 1.29 is 19.0 Å². The Morgan fingerprint density at radius 2 is 1.63 bits per heavy atom. The van der Waals surface area contributed by atoms with E-state index in [0.717, 1.165) is 44.5 Å². The zero-order valence-corrected chi connectivity index (χ0v) is 20.4. The normalized spacial score (nSPS) is 16.6. The van der Waals surface area contributed by atoms with E-state index in [1.165, 1.54) is 0 Å². The van der Waals surface area contributed by atoms with Crippen LogP contribution in [-0.4, -0.2) is 13.1 Å². The number of ether oxygens (including phenoxy) is 3. The van der Waals surface area contributed by atoms with Crippen molar-refractivity contribution in [2.45, 2.75) is 26.4 Å². The Bertz CT molecular complexity index is 1430. The van der Waals surface area contributed by atoms with Gasteiger partial charge in [-0.1, -0.05) is 62.4 Å². The van der Waals surface area contributed by atoms with E-state index in [9.17, 15) is 4.79 Å². The summed E-state index contributed by atoms with van der Waals surface area (Å²) in [5, 5.41) is 2.02. The van der Waals surface area contributed by atoms with Crippen LogP contribution < -0.4 is 14.2 Å². The Hall–Kier alpha value is -4.05. The van der Waals surface area contributed by atoms with Gasteiger partial charge in [0, 0.05) is 16.7 Å². The first-order valence-corrected chi connectivity index (χ1v) is 11.8. The van der Waals surface area contributed by atoms with Crippen LogP contribution in [0.1, 0.15) is 36.1 Å². The van der Waals surface area contributed by atoms with Gasteiger partial charge in [-0.15, -0.1) is 0 Å². The maximum atomic E-state index is 12.1. The first-order valence-electron chi connectivity index (χ1n) is 11.8. The van der Waals surface area contributed by atoms with Crippen LogP contribution >= 0.6 is 0 Å². The van der Waals surface area contributed by atoms with Gasteiger partial charge in [-0.3, -0.25) is 4.79 Å². The van der Waals surface area contributed by atoms with E-state index >= 15 is 0 Å². The van der Waals surface area contributed by atoms with Gasteiger partial charge in [0.05, 0.1) is 13.0 Å². The lowest BCUT2D eigenvalue weighted by Crippen LogP contribution is -2.35. The van der Waals surface area contributed by atoms with Gasteiger partial charge in [0.25, 0.3) is 0 Å². The zero-order valence-electron chi connectivity index (χ0n) is 20.4. The fourth-order valence-corrected chi connectivity index (χ4v) is 4.55. The lowest BCUT2D eigenvalue weighted by Gasteiger charge is -2.37. The highest BCUT2D eigenvalue weighted by Gasteiger charge is 2.38. The van der Waals surface area contributed by atoms with Crippen molar-refractivity contribution in [3.8, 4) is 17.2 Å². The molecule has 0 aromatic heterocycles. The highest BCUT2D eigenvalue weighted by atomic mass is 16.5. The van der Waals surface area contributed by atoms with Crippen molar-refractivity contribution >= 4 is 22.8 Å². The van der Waals surface area contributed by atoms with Gasteiger partial charge in [-0.05, 0) is 65.7 Å². The fourth-order valence-electron chi connectivity index (χ4n) is 4.55. The summed E-state index contributed by atoms with van der Waals surface area (Å²) in [4.78, 5) is 12.1. The number of aryl methyl sites for hydroxylation is 1. The molecule has 1 unspecified atom stereocenters. The number of fused-ring (bicyclic) bond motifs is 3. The second-order valence-corrected chi connectivity index (χ2v) is 9.15. The molecule has 4 aromatic carbocycles. The molecule has 1 aliphatic heterocycles. The number of benzene rings is 4. The molecular weight excluding hydrogens is 436 g/mol. The van der Waals surface area contributed by atoms with Crippen molar-refractivity contribution in [2.24, 2.45) is 5.92 Å². The van der Waals surface area contributed by atoms with E-state index in [4.69, 9.17) is 14.2 Å². The number of esters is 1. The van der Waals surface area contributed by atoms with Gasteiger partial charge in [0.2, 0.25) is 0 Å². The molecule has 5 rings (SSSR count). The SMILES string of the molecule is COc1ccc(C2(c3ccccc3C)C=Cc3c(ccc4ccc(OC(=O)C(C)C)cc34)O2)cc1. The minimum absolute atomic E-state index is 0.196. The summed E-state index contributed by atoms with van der Waals surface area (Å²) in [7, 11) is 1.66. The van der Waals surface area contributed by atoms with Crippen LogP contribution in [0.2, 0.25) is 0 Å². The summed E-state index contributed by atoms with van der Waals surface area (Å²) >= 11 is 0. The number of methoxy groups -OCH3 is 1. The number of hydrogen-bond donors (Lipinski definition) is 0. The minimum atomic E-state index is -0.792. The molecule has 1 aliphatic rings. The summed E-state index contributed by atoms with van der Waals surface area (Å²) < 4.78 is 17.8. The maximum Gasteiger partial charge on any atom is 0.313 e. The highest BCUT2D eigenvalue weighted by molar-refractivity contribution is 5.95. The molecule has 0 saturated heterocycles. The van der Waals surface area contributed by atoms with E-state index in [1.807, 2.05) is 80.6 Å². The molecule has 0 N–H and O–H groups in total. The molecule has 1 heterocycles.